The largest absolute Gasteiger partial charge is 0.550 e. The number of carboxylic acids is 1. The number of hydrogen-bond acceptors (Lipinski definition) is 3. The van der Waals surface area contributed by atoms with E-state index in [4.69, 9.17) is 0 Å². The van der Waals surface area contributed by atoms with Crippen molar-refractivity contribution in [3.8, 4) is 0 Å². The van der Waals surface area contributed by atoms with Crippen molar-refractivity contribution in [3.63, 3.8) is 0 Å². The van der Waals surface area contributed by atoms with Gasteiger partial charge in [0, 0.05) is 11.5 Å². The molecule has 0 aliphatic heterocycles. The van der Waals surface area contributed by atoms with Crippen LogP contribution in [0, 0.1) is 5.82 Å². The summed E-state index contributed by atoms with van der Waals surface area (Å²) in [6.07, 6.45) is -0.675. The first kappa shape index (κ1) is 9.38. The van der Waals surface area contributed by atoms with Crippen LogP contribution in [0.3, 0.4) is 0 Å². The lowest BCUT2D eigenvalue weighted by Crippen LogP contribution is -2.25. The maximum atomic E-state index is 12.4. The lowest BCUT2D eigenvalue weighted by Gasteiger charge is -2.00. The number of ketones is 1. The Labute approximate surface area is 73.8 Å². The second-order valence-corrected chi connectivity index (χ2v) is 2.48. The molecule has 0 saturated carbocycles. The van der Waals surface area contributed by atoms with Crippen molar-refractivity contribution in [2.75, 3.05) is 0 Å². The number of carbonyl (C=O) groups is 2. The maximum Gasteiger partial charge on any atom is 0.168 e. The third kappa shape index (κ3) is 2.66. The summed E-state index contributed by atoms with van der Waals surface area (Å²) in [6, 6.07) is 4.67. The maximum absolute atomic E-state index is 12.4. The van der Waals surface area contributed by atoms with Crippen LogP contribution in [0.4, 0.5) is 4.39 Å². The molecule has 68 valence electrons. The monoisotopic (exact) mass is 181 g/mol. The first-order chi connectivity index (χ1) is 6.09. The molecule has 3 nitrogen and oxygen atoms in total. The minimum absolute atomic E-state index is 0.172. The molecule has 0 atom stereocenters. The minimum Gasteiger partial charge on any atom is -0.550 e. The van der Waals surface area contributed by atoms with E-state index < -0.39 is 24.0 Å². The molecule has 0 heterocycles. The van der Waals surface area contributed by atoms with Gasteiger partial charge in [-0.15, -0.1) is 0 Å². The highest BCUT2D eigenvalue weighted by atomic mass is 19.1. The molecule has 0 radical (unpaired) electrons. The smallest absolute Gasteiger partial charge is 0.168 e. The number of carbonyl (C=O) groups excluding carboxylic acids is 2. The lowest BCUT2D eigenvalue weighted by molar-refractivity contribution is -0.304. The molecule has 13 heavy (non-hydrogen) atoms. The topological polar surface area (TPSA) is 57.2 Å². The van der Waals surface area contributed by atoms with Crippen molar-refractivity contribution in [2.45, 2.75) is 6.42 Å². The van der Waals surface area contributed by atoms with Gasteiger partial charge in [0.05, 0.1) is 6.42 Å². The highest BCUT2D eigenvalue weighted by Crippen LogP contribution is 2.05. The molecular weight excluding hydrogens is 175 g/mol. The highest BCUT2D eigenvalue weighted by molar-refractivity contribution is 6.04. The third-order valence-corrected chi connectivity index (χ3v) is 1.47. The van der Waals surface area contributed by atoms with Crippen LogP contribution in [0.5, 0.6) is 0 Å². The van der Waals surface area contributed by atoms with Crippen molar-refractivity contribution in [2.24, 2.45) is 0 Å². The minimum atomic E-state index is -1.44. The van der Waals surface area contributed by atoms with E-state index in [0.29, 0.717) is 0 Å². The van der Waals surface area contributed by atoms with Gasteiger partial charge in [-0.05, 0) is 24.3 Å². The standard InChI is InChI=1S/C9H7FO3/c10-7-3-1-6(2-4-7)8(11)5-9(12)13/h1-4H,5H2,(H,12,13)/p-1. The van der Waals surface area contributed by atoms with E-state index in [1.165, 1.54) is 12.1 Å². The van der Waals surface area contributed by atoms with Gasteiger partial charge in [0.15, 0.2) is 5.78 Å². The second-order valence-electron chi connectivity index (χ2n) is 2.48. The average Bonchev–Trinajstić information content (AvgIpc) is 2.04. The first-order valence-corrected chi connectivity index (χ1v) is 3.58. The van der Waals surface area contributed by atoms with Crippen LogP contribution < -0.4 is 5.11 Å². The van der Waals surface area contributed by atoms with Gasteiger partial charge in [-0.25, -0.2) is 4.39 Å². The Morgan fingerprint density at radius 2 is 1.77 bits per heavy atom. The van der Waals surface area contributed by atoms with Crippen molar-refractivity contribution in [3.05, 3.63) is 35.6 Å². The quantitative estimate of drug-likeness (QED) is 0.492. The van der Waals surface area contributed by atoms with E-state index in [1.807, 2.05) is 0 Å². The van der Waals surface area contributed by atoms with Gasteiger partial charge in [0.2, 0.25) is 0 Å². The van der Waals surface area contributed by atoms with Crippen LogP contribution >= 0.6 is 0 Å². The summed E-state index contributed by atoms with van der Waals surface area (Å²) in [5, 5.41) is 10.0. The van der Waals surface area contributed by atoms with Crippen LogP contribution in [-0.4, -0.2) is 11.8 Å². The molecule has 1 aromatic carbocycles. The molecule has 0 saturated heterocycles. The number of carboxylic acid groups (broad SMARTS) is 1. The zero-order valence-corrected chi connectivity index (χ0v) is 6.62. The van der Waals surface area contributed by atoms with E-state index in [0.717, 1.165) is 12.1 Å². The predicted molar refractivity (Wildman–Crippen MR) is 40.4 cm³/mol. The van der Waals surface area contributed by atoms with Crippen molar-refractivity contribution in [1.82, 2.24) is 0 Å². The number of rotatable bonds is 3. The molecule has 0 bridgehead atoms. The van der Waals surface area contributed by atoms with Crippen LogP contribution in [0.25, 0.3) is 0 Å². The Kier molecular flexibility index (Phi) is 2.74. The Bertz CT molecular complexity index is 329. The van der Waals surface area contributed by atoms with Crippen molar-refractivity contribution in [1.29, 1.82) is 0 Å². The van der Waals surface area contributed by atoms with Gasteiger partial charge >= 0.3 is 0 Å². The lowest BCUT2D eigenvalue weighted by atomic mass is 10.1. The van der Waals surface area contributed by atoms with Crippen LogP contribution in [0.15, 0.2) is 24.3 Å². The average molecular weight is 181 g/mol. The van der Waals surface area contributed by atoms with Crippen molar-refractivity contribution >= 4 is 11.8 Å². The van der Waals surface area contributed by atoms with E-state index in [1.54, 1.807) is 0 Å². The van der Waals surface area contributed by atoms with Crippen LogP contribution in [0.2, 0.25) is 0 Å². The van der Waals surface area contributed by atoms with E-state index in [9.17, 15) is 19.1 Å². The van der Waals surface area contributed by atoms with Gasteiger partial charge in [0.25, 0.3) is 0 Å². The molecule has 0 unspecified atom stereocenters. The summed E-state index contributed by atoms with van der Waals surface area (Å²) in [6.45, 7) is 0. The van der Waals surface area contributed by atoms with Gasteiger partial charge in [-0.2, -0.15) is 0 Å². The number of halogens is 1. The molecular formula is C9H6FO3-. The number of benzene rings is 1. The molecule has 0 aromatic heterocycles. The Morgan fingerprint density at radius 3 is 2.23 bits per heavy atom. The Hall–Kier alpha value is -1.71. The number of Topliss-reactive ketones (excluding diaryl/α,β-unsaturated/α-hetero) is 1. The summed E-state index contributed by atoms with van der Waals surface area (Å²) in [5.74, 6) is -2.49. The third-order valence-electron chi connectivity index (χ3n) is 1.47. The summed E-state index contributed by atoms with van der Waals surface area (Å²) >= 11 is 0. The normalized spacial score (nSPS) is 9.62. The fraction of sp³-hybridized carbons (Fsp3) is 0.111. The van der Waals surface area contributed by atoms with Crippen LogP contribution in [-0.2, 0) is 4.79 Å². The summed E-state index contributed by atoms with van der Waals surface area (Å²) in [5.41, 5.74) is 0.172. The van der Waals surface area contributed by atoms with Gasteiger partial charge in [-0.1, -0.05) is 0 Å². The molecule has 0 aliphatic rings. The summed E-state index contributed by atoms with van der Waals surface area (Å²) < 4.78 is 12.4. The molecule has 0 amide bonds. The number of hydrogen-bond donors (Lipinski definition) is 0. The molecule has 1 rings (SSSR count). The predicted octanol–water partition coefficient (Wildman–Crippen LogP) is 0.148. The second kappa shape index (κ2) is 3.80. The SMILES string of the molecule is O=C([O-])CC(=O)c1ccc(F)cc1. The summed E-state index contributed by atoms with van der Waals surface area (Å²) in [4.78, 5) is 21.1. The molecule has 1 aromatic rings. The van der Waals surface area contributed by atoms with Gasteiger partial charge < -0.3 is 9.90 Å². The highest BCUT2D eigenvalue weighted by Gasteiger charge is 2.05. The molecule has 4 heteroatoms. The Morgan fingerprint density at radius 1 is 1.23 bits per heavy atom. The fourth-order valence-electron chi connectivity index (χ4n) is 0.869. The van der Waals surface area contributed by atoms with Gasteiger partial charge in [0.1, 0.15) is 5.82 Å². The molecule has 0 fully saturated rings. The van der Waals surface area contributed by atoms with Gasteiger partial charge in [-0.3, -0.25) is 4.79 Å². The zero-order chi connectivity index (χ0) is 9.84. The molecule has 0 spiro atoms. The van der Waals surface area contributed by atoms with E-state index in [2.05, 4.69) is 0 Å². The summed E-state index contributed by atoms with van der Waals surface area (Å²) in [7, 11) is 0. The number of aliphatic carboxylic acids is 1. The first-order valence-electron chi connectivity index (χ1n) is 3.58. The fourth-order valence-corrected chi connectivity index (χ4v) is 0.869. The zero-order valence-electron chi connectivity index (χ0n) is 6.62. The van der Waals surface area contributed by atoms with E-state index >= 15 is 0 Å². The molecule has 0 N–H and O–H groups in total. The van der Waals surface area contributed by atoms with Crippen molar-refractivity contribution < 1.29 is 19.1 Å². The Balaban J connectivity index is 2.78. The molecule has 0 aliphatic carbocycles. The van der Waals surface area contributed by atoms with E-state index in [-0.39, 0.29) is 5.56 Å². The van der Waals surface area contributed by atoms with Crippen LogP contribution in [0.1, 0.15) is 16.8 Å².